The standard InChI is InChI=1S/C9H16N2O3/c1-10-9(14)11-7-5-3-2-4-6(7)8(12)13/h6-7H,2-5H2,1H3,(H,12,13)(H2,10,11,14). The highest BCUT2D eigenvalue weighted by atomic mass is 16.4. The second-order valence-corrected chi connectivity index (χ2v) is 3.56. The Morgan fingerprint density at radius 2 is 1.93 bits per heavy atom. The van der Waals surface area contributed by atoms with Gasteiger partial charge in [-0.3, -0.25) is 4.79 Å². The van der Waals surface area contributed by atoms with Crippen molar-refractivity contribution < 1.29 is 14.7 Å². The minimum absolute atomic E-state index is 0.221. The molecule has 1 rings (SSSR count). The first-order valence-electron chi connectivity index (χ1n) is 4.86. The lowest BCUT2D eigenvalue weighted by molar-refractivity contribution is -0.143. The van der Waals surface area contributed by atoms with Crippen LogP contribution in [0.3, 0.4) is 0 Å². The maximum absolute atomic E-state index is 11.0. The fraction of sp³-hybridized carbons (Fsp3) is 0.778. The SMILES string of the molecule is CNC(=O)NC1CCCCC1C(=O)O. The molecule has 0 aromatic heterocycles. The van der Waals surface area contributed by atoms with Crippen LogP contribution >= 0.6 is 0 Å². The zero-order valence-electron chi connectivity index (χ0n) is 8.25. The van der Waals surface area contributed by atoms with Crippen molar-refractivity contribution in [3.05, 3.63) is 0 Å². The molecule has 1 aliphatic rings. The van der Waals surface area contributed by atoms with Gasteiger partial charge in [-0.25, -0.2) is 4.79 Å². The number of amides is 2. The Bertz CT molecular complexity index is 230. The maximum Gasteiger partial charge on any atom is 0.314 e. The number of carboxylic acid groups (broad SMARTS) is 1. The molecule has 0 bridgehead atoms. The van der Waals surface area contributed by atoms with Gasteiger partial charge < -0.3 is 15.7 Å². The molecule has 5 nitrogen and oxygen atoms in total. The molecule has 0 aromatic carbocycles. The predicted octanol–water partition coefficient (Wildman–Crippen LogP) is 0.559. The highest BCUT2D eigenvalue weighted by molar-refractivity contribution is 5.76. The molecule has 0 spiro atoms. The molecule has 3 N–H and O–H groups in total. The minimum Gasteiger partial charge on any atom is -0.481 e. The predicted molar refractivity (Wildman–Crippen MR) is 51.0 cm³/mol. The zero-order chi connectivity index (χ0) is 10.6. The summed E-state index contributed by atoms with van der Waals surface area (Å²) in [5.41, 5.74) is 0. The van der Waals surface area contributed by atoms with Crippen LogP contribution in [-0.2, 0) is 4.79 Å². The number of aliphatic carboxylic acids is 1. The third kappa shape index (κ3) is 2.61. The van der Waals surface area contributed by atoms with E-state index in [4.69, 9.17) is 5.11 Å². The van der Waals surface area contributed by atoms with E-state index in [0.29, 0.717) is 6.42 Å². The van der Waals surface area contributed by atoms with E-state index in [-0.39, 0.29) is 12.1 Å². The Morgan fingerprint density at radius 3 is 2.50 bits per heavy atom. The molecule has 5 heteroatoms. The van der Waals surface area contributed by atoms with Crippen LogP contribution in [0.2, 0.25) is 0 Å². The molecular formula is C9H16N2O3. The Labute approximate surface area is 82.9 Å². The number of hydrogen-bond donors (Lipinski definition) is 3. The molecular weight excluding hydrogens is 184 g/mol. The quantitative estimate of drug-likeness (QED) is 0.609. The first-order chi connectivity index (χ1) is 6.65. The molecule has 1 aliphatic carbocycles. The molecule has 2 unspecified atom stereocenters. The van der Waals surface area contributed by atoms with Gasteiger partial charge >= 0.3 is 12.0 Å². The van der Waals surface area contributed by atoms with Crippen LogP contribution < -0.4 is 10.6 Å². The van der Waals surface area contributed by atoms with E-state index in [1.165, 1.54) is 7.05 Å². The van der Waals surface area contributed by atoms with E-state index in [0.717, 1.165) is 19.3 Å². The summed E-state index contributed by atoms with van der Waals surface area (Å²) in [7, 11) is 1.52. The third-order valence-corrected chi connectivity index (χ3v) is 2.63. The van der Waals surface area contributed by atoms with Gasteiger partial charge in [0.05, 0.1) is 5.92 Å². The molecule has 0 aliphatic heterocycles. The normalized spacial score (nSPS) is 26.6. The zero-order valence-corrected chi connectivity index (χ0v) is 8.25. The average molecular weight is 200 g/mol. The van der Waals surface area contributed by atoms with Gasteiger partial charge in [0, 0.05) is 13.1 Å². The lowest BCUT2D eigenvalue weighted by atomic mass is 9.84. The molecule has 0 saturated heterocycles. The van der Waals surface area contributed by atoms with Crippen LogP contribution in [0.5, 0.6) is 0 Å². The third-order valence-electron chi connectivity index (χ3n) is 2.63. The fourth-order valence-electron chi connectivity index (χ4n) is 1.84. The van der Waals surface area contributed by atoms with Crippen LogP contribution in [0, 0.1) is 5.92 Å². The molecule has 1 saturated carbocycles. The van der Waals surface area contributed by atoms with E-state index in [1.54, 1.807) is 0 Å². The molecule has 2 amide bonds. The molecule has 0 heterocycles. The van der Waals surface area contributed by atoms with Crippen LogP contribution in [0.15, 0.2) is 0 Å². The molecule has 80 valence electrons. The topological polar surface area (TPSA) is 78.4 Å². The number of hydrogen-bond acceptors (Lipinski definition) is 2. The van der Waals surface area contributed by atoms with Gasteiger partial charge in [-0.2, -0.15) is 0 Å². The smallest absolute Gasteiger partial charge is 0.314 e. The number of carboxylic acids is 1. The number of urea groups is 1. The summed E-state index contributed by atoms with van der Waals surface area (Å²) in [6.45, 7) is 0. The molecule has 0 aromatic rings. The van der Waals surface area contributed by atoms with Crippen molar-refractivity contribution in [3.63, 3.8) is 0 Å². The van der Waals surface area contributed by atoms with Crippen molar-refractivity contribution in [3.8, 4) is 0 Å². The Hall–Kier alpha value is -1.26. The maximum atomic E-state index is 11.0. The summed E-state index contributed by atoms with van der Waals surface area (Å²) >= 11 is 0. The highest BCUT2D eigenvalue weighted by Gasteiger charge is 2.31. The van der Waals surface area contributed by atoms with Crippen molar-refractivity contribution in [1.29, 1.82) is 0 Å². The summed E-state index contributed by atoms with van der Waals surface area (Å²) < 4.78 is 0. The minimum atomic E-state index is -0.814. The van der Waals surface area contributed by atoms with Gasteiger partial charge in [-0.1, -0.05) is 12.8 Å². The number of rotatable bonds is 2. The summed E-state index contributed by atoms with van der Waals surface area (Å²) in [5, 5.41) is 14.0. The second kappa shape index (κ2) is 4.83. The Balaban J connectivity index is 2.54. The van der Waals surface area contributed by atoms with E-state index in [2.05, 4.69) is 10.6 Å². The number of carbonyl (C=O) groups excluding carboxylic acids is 1. The van der Waals surface area contributed by atoms with Crippen LogP contribution in [0.25, 0.3) is 0 Å². The lowest BCUT2D eigenvalue weighted by Crippen LogP contribution is -2.48. The number of carbonyl (C=O) groups is 2. The van der Waals surface area contributed by atoms with Gasteiger partial charge in [0.15, 0.2) is 0 Å². The van der Waals surface area contributed by atoms with Crippen LogP contribution in [0.1, 0.15) is 25.7 Å². The summed E-state index contributed by atoms with van der Waals surface area (Å²) in [6, 6.07) is -0.524. The molecule has 14 heavy (non-hydrogen) atoms. The van der Waals surface area contributed by atoms with Crippen LogP contribution in [0.4, 0.5) is 4.79 Å². The summed E-state index contributed by atoms with van der Waals surface area (Å²) in [4.78, 5) is 21.9. The highest BCUT2D eigenvalue weighted by Crippen LogP contribution is 2.24. The van der Waals surface area contributed by atoms with Gasteiger partial charge in [0.1, 0.15) is 0 Å². The summed E-state index contributed by atoms with van der Waals surface area (Å²) in [6.07, 6.45) is 3.33. The van der Waals surface area contributed by atoms with E-state index in [9.17, 15) is 9.59 Å². The summed E-state index contributed by atoms with van der Waals surface area (Å²) in [5.74, 6) is -1.24. The van der Waals surface area contributed by atoms with E-state index < -0.39 is 11.9 Å². The van der Waals surface area contributed by atoms with Crippen molar-refractivity contribution in [2.24, 2.45) is 5.92 Å². The molecule has 1 fully saturated rings. The van der Waals surface area contributed by atoms with Crippen molar-refractivity contribution >= 4 is 12.0 Å². The first kappa shape index (κ1) is 10.8. The monoisotopic (exact) mass is 200 g/mol. The fourth-order valence-corrected chi connectivity index (χ4v) is 1.84. The Morgan fingerprint density at radius 1 is 1.29 bits per heavy atom. The second-order valence-electron chi connectivity index (χ2n) is 3.56. The first-order valence-corrected chi connectivity index (χ1v) is 4.86. The molecule has 0 radical (unpaired) electrons. The van der Waals surface area contributed by atoms with Gasteiger partial charge in [-0.15, -0.1) is 0 Å². The lowest BCUT2D eigenvalue weighted by Gasteiger charge is -2.28. The van der Waals surface area contributed by atoms with Gasteiger partial charge in [0.2, 0.25) is 0 Å². The van der Waals surface area contributed by atoms with E-state index >= 15 is 0 Å². The van der Waals surface area contributed by atoms with Crippen molar-refractivity contribution in [1.82, 2.24) is 10.6 Å². The van der Waals surface area contributed by atoms with Crippen molar-refractivity contribution in [2.45, 2.75) is 31.7 Å². The largest absolute Gasteiger partial charge is 0.481 e. The average Bonchev–Trinajstić information content (AvgIpc) is 2.18. The van der Waals surface area contributed by atoms with Gasteiger partial charge in [-0.05, 0) is 12.8 Å². The van der Waals surface area contributed by atoms with Gasteiger partial charge in [0.25, 0.3) is 0 Å². The van der Waals surface area contributed by atoms with Crippen molar-refractivity contribution in [2.75, 3.05) is 7.05 Å². The van der Waals surface area contributed by atoms with E-state index in [1.807, 2.05) is 0 Å². The Kier molecular flexibility index (Phi) is 3.73. The number of nitrogens with one attached hydrogen (secondary N) is 2. The molecule has 2 atom stereocenters. The van der Waals surface area contributed by atoms with Crippen LogP contribution in [-0.4, -0.2) is 30.2 Å².